The fourth-order valence-electron chi connectivity index (χ4n) is 2.77. The van der Waals surface area contributed by atoms with Gasteiger partial charge in [0.1, 0.15) is 13.1 Å². The van der Waals surface area contributed by atoms with Gasteiger partial charge in [0.2, 0.25) is 17.8 Å². The molecule has 2 amide bonds. The van der Waals surface area contributed by atoms with Crippen LogP contribution in [0.4, 0.5) is 13.2 Å². The van der Waals surface area contributed by atoms with Gasteiger partial charge in [-0.2, -0.15) is 18.3 Å². The molecule has 0 radical (unpaired) electrons. The molecule has 2 heterocycles. The first-order chi connectivity index (χ1) is 10.8. The lowest BCUT2D eigenvalue weighted by Gasteiger charge is -2.14. The fourth-order valence-corrected chi connectivity index (χ4v) is 2.77. The van der Waals surface area contributed by atoms with Crippen LogP contribution in [-0.2, 0) is 35.2 Å². The van der Waals surface area contributed by atoms with Crippen LogP contribution in [0.2, 0.25) is 0 Å². The van der Waals surface area contributed by atoms with Gasteiger partial charge < -0.3 is 0 Å². The minimum Gasteiger partial charge on any atom is -0.295 e. The van der Waals surface area contributed by atoms with E-state index in [1.807, 2.05) is 0 Å². The average molecular weight is 329 g/mol. The second-order valence-electron chi connectivity index (χ2n) is 5.40. The third kappa shape index (κ3) is 3.20. The second-order valence-corrected chi connectivity index (χ2v) is 5.40. The van der Waals surface area contributed by atoms with Crippen LogP contribution in [-0.4, -0.2) is 34.1 Å². The molecule has 0 saturated carbocycles. The maximum atomic E-state index is 13.1. The highest BCUT2D eigenvalue weighted by Crippen LogP contribution is 2.35. The normalized spacial score (nSPS) is 17.5. The third-order valence-corrected chi connectivity index (χ3v) is 3.72. The molecule has 23 heavy (non-hydrogen) atoms. The third-order valence-electron chi connectivity index (χ3n) is 3.72. The van der Waals surface area contributed by atoms with Gasteiger partial charge in [-0.05, 0) is 25.7 Å². The number of amides is 2. The zero-order chi connectivity index (χ0) is 16.6. The lowest BCUT2D eigenvalue weighted by atomic mass is 9.95. The van der Waals surface area contributed by atoms with Crippen LogP contribution in [0.5, 0.6) is 0 Å². The van der Waals surface area contributed by atoms with E-state index in [4.69, 9.17) is 0 Å². The summed E-state index contributed by atoms with van der Waals surface area (Å²) in [5.41, 5.74) is -0.273. The summed E-state index contributed by atoms with van der Waals surface area (Å²) in [5, 5.41) is 8.28. The van der Waals surface area contributed by atoms with Crippen molar-refractivity contribution in [2.45, 2.75) is 38.4 Å². The summed E-state index contributed by atoms with van der Waals surface area (Å²) < 4.78 is 40.3. The SMILES string of the molecule is O=C1CN=C(NC(=O)Cn2nc(C(F)(F)F)c3c2CCCC3)N1. The van der Waals surface area contributed by atoms with E-state index in [1.54, 1.807) is 0 Å². The van der Waals surface area contributed by atoms with E-state index >= 15 is 0 Å². The van der Waals surface area contributed by atoms with Gasteiger partial charge in [0.05, 0.1) is 0 Å². The number of fused-ring (bicyclic) bond motifs is 1. The highest BCUT2D eigenvalue weighted by atomic mass is 19.4. The molecule has 0 bridgehead atoms. The molecule has 0 spiro atoms. The van der Waals surface area contributed by atoms with Crippen molar-refractivity contribution in [1.82, 2.24) is 20.4 Å². The van der Waals surface area contributed by atoms with Gasteiger partial charge in [-0.25, -0.2) is 4.99 Å². The van der Waals surface area contributed by atoms with Crippen LogP contribution in [0.1, 0.15) is 29.8 Å². The zero-order valence-electron chi connectivity index (χ0n) is 12.0. The van der Waals surface area contributed by atoms with Crippen molar-refractivity contribution in [3.63, 3.8) is 0 Å². The monoisotopic (exact) mass is 329 g/mol. The second kappa shape index (κ2) is 5.67. The molecule has 1 aromatic heterocycles. The Labute approximate surface area is 128 Å². The summed E-state index contributed by atoms with van der Waals surface area (Å²) in [7, 11) is 0. The van der Waals surface area contributed by atoms with E-state index in [0.29, 0.717) is 25.0 Å². The number of nitrogens with zero attached hydrogens (tertiary/aromatic N) is 3. The lowest BCUT2D eigenvalue weighted by Crippen LogP contribution is -2.41. The molecule has 1 aliphatic carbocycles. The molecule has 0 atom stereocenters. The van der Waals surface area contributed by atoms with Crippen LogP contribution in [0, 0.1) is 0 Å². The molecule has 0 unspecified atom stereocenters. The summed E-state index contributed by atoms with van der Waals surface area (Å²) in [6.07, 6.45) is -2.32. The Kier molecular flexibility index (Phi) is 3.82. The highest BCUT2D eigenvalue weighted by molar-refractivity contribution is 6.08. The standard InChI is InChI=1S/C13H14F3N5O2/c14-13(15,16)11-7-3-1-2-4-8(7)21(20-11)6-10(23)19-12-17-5-9(22)18-12/h1-6H2,(H2,17,18,19,22,23). The average Bonchev–Trinajstić information content (AvgIpc) is 3.03. The van der Waals surface area contributed by atoms with Gasteiger partial charge in [-0.15, -0.1) is 0 Å². The molecule has 2 N–H and O–H groups in total. The first kappa shape index (κ1) is 15.5. The summed E-state index contributed by atoms with van der Waals surface area (Å²) in [5.74, 6) is -0.927. The van der Waals surface area contributed by atoms with E-state index < -0.39 is 17.8 Å². The molecule has 1 aliphatic heterocycles. The fraction of sp³-hybridized carbons (Fsp3) is 0.538. The topological polar surface area (TPSA) is 88.4 Å². The molecule has 2 aliphatic rings. The van der Waals surface area contributed by atoms with Gasteiger partial charge in [0.15, 0.2) is 5.69 Å². The Balaban J connectivity index is 1.78. The number of nitrogens with one attached hydrogen (secondary N) is 2. The van der Waals surface area contributed by atoms with Crippen molar-refractivity contribution < 1.29 is 22.8 Å². The Hall–Kier alpha value is -2.39. The molecule has 0 saturated heterocycles. The molecule has 1 aromatic rings. The van der Waals surface area contributed by atoms with Crippen molar-refractivity contribution in [1.29, 1.82) is 0 Å². The Morgan fingerprint density at radius 2 is 2.04 bits per heavy atom. The van der Waals surface area contributed by atoms with Crippen molar-refractivity contribution in [2.24, 2.45) is 4.99 Å². The van der Waals surface area contributed by atoms with Crippen LogP contribution in [0.3, 0.4) is 0 Å². The van der Waals surface area contributed by atoms with E-state index in [-0.39, 0.29) is 30.5 Å². The van der Waals surface area contributed by atoms with Crippen LogP contribution in [0.25, 0.3) is 0 Å². The first-order valence-electron chi connectivity index (χ1n) is 7.14. The molecule has 3 rings (SSSR count). The Morgan fingerprint density at radius 1 is 1.30 bits per heavy atom. The Morgan fingerprint density at radius 3 is 2.70 bits per heavy atom. The zero-order valence-corrected chi connectivity index (χ0v) is 12.0. The van der Waals surface area contributed by atoms with Crippen LogP contribution < -0.4 is 10.6 Å². The summed E-state index contributed by atoms with van der Waals surface area (Å²) >= 11 is 0. The number of halogens is 3. The van der Waals surface area contributed by atoms with Crippen molar-refractivity contribution in [2.75, 3.05) is 6.54 Å². The van der Waals surface area contributed by atoms with Crippen molar-refractivity contribution >= 4 is 17.8 Å². The molecular weight excluding hydrogens is 315 g/mol. The quantitative estimate of drug-likeness (QED) is 0.822. The number of hydrogen-bond acceptors (Lipinski definition) is 4. The van der Waals surface area contributed by atoms with Gasteiger partial charge in [-0.1, -0.05) is 0 Å². The van der Waals surface area contributed by atoms with E-state index in [2.05, 4.69) is 20.7 Å². The molecular formula is C13H14F3N5O2. The van der Waals surface area contributed by atoms with Crippen LogP contribution >= 0.6 is 0 Å². The largest absolute Gasteiger partial charge is 0.435 e. The maximum absolute atomic E-state index is 13.1. The molecule has 124 valence electrons. The van der Waals surface area contributed by atoms with Crippen molar-refractivity contribution in [3.8, 4) is 0 Å². The number of carbonyl (C=O) groups excluding carboxylic acids is 2. The minimum absolute atomic E-state index is 0.0112. The summed E-state index contributed by atoms with van der Waals surface area (Å²) in [6, 6.07) is 0. The number of guanidine groups is 1. The number of aromatic nitrogens is 2. The smallest absolute Gasteiger partial charge is 0.295 e. The number of carbonyl (C=O) groups is 2. The minimum atomic E-state index is -4.54. The molecule has 10 heteroatoms. The van der Waals surface area contributed by atoms with E-state index in [9.17, 15) is 22.8 Å². The van der Waals surface area contributed by atoms with Gasteiger partial charge in [-0.3, -0.25) is 24.9 Å². The Bertz CT molecular complexity index is 693. The van der Waals surface area contributed by atoms with Gasteiger partial charge >= 0.3 is 6.18 Å². The number of rotatable bonds is 2. The molecule has 0 aromatic carbocycles. The molecule has 7 nitrogen and oxygen atoms in total. The summed E-state index contributed by atoms with van der Waals surface area (Å²) in [4.78, 5) is 26.7. The number of alkyl halides is 3. The van der Waals surface area contributed by atoms with Crippen molar-refractivity contribution in [3.05, 3.63) is 17.0 Å². The van der Waals surface area contributed by atoms with E-state index in [0.717, 1.165) is 11.1 Å². The highest BCUT2D eigenvalue weighted by Gasteiger charge is 2.39. The van der Waals surface area contributed by atoms with Crippen LogP contribution in [0.15, 0.2) is 4.99 Å². The van der Waals surface area contributed by atoms with E-state index in [1.165, 1.54) is 0 Å². The molecule has 0 fully saturated rings. The maximum Gasteiger partial charge on any atom is 0.435 e. The number of hydrogen-bond donors (Lipinski definition) is 2. The number of aliphatic imine (C=N–C) groups is 1. The lowest BCUT2D eigenvalue weighted by molar-refractivity contribution is -0.142. The van der Waals surface area contributed by atoms with Gasteiger partial charge in [0.25, 0.3) is 0 Å². The summed E-state index contributed by atoms with van der Waals surface area (Å²) in [6.45, 7) is -0.432. The predicted octanol–water partition coefficient (Wildman–Crippen LogP) is 0.383. The van der Waals surface area contributed by atoms with Gasteiger partial charge in [0, 0.05) is 11.3 Å². The predicted molar refractivity (Wildman–Crippen MR) is 72.5 cm³/mol. The first-order valence-corrected chi connectivity index (χ1v) is 7.14.